The Labute approximate surface area is 203 Å². The second-order valence-electron chi connectivity index (χ2n) is 13.0. The Balaban J connectivity index is 1.22. The number of nitrogens with zero attached hydrogens (tertiary/aromatic N) is 2. The zero-order chi connectivity index (χ0) is 22.7. The number of phenolic OH excluding ortho intramolecular Hbond substituents is 1. The molecule has 0 unspecified atom stereocenters. The van der Waals surface area contributed by atoms with Gasteiger partial charge in [-0.15, -0.1) is 0 Å². The van der Waals surface area contributed by atoms with Crippen LogP contribution in [0, 0.1) is 29.1 Å². The Morgan fingerprint density at radius 1 is 1.12 bits per heavy atom. The number of amides is 1. The van der Waals surface area contributed by atoms with Crippen molar-refractivity contribution in [2.45, 2.75) is 75.3 Å². The van der Waals surface area contributed by atoms with E-state index >= 15 is 0 Å². The minimum Gasteiger partial charge on any atom is -0.508 e. The summed E-state index contributed by atoms with van der Waals surface area (Å²) in [6.45, 7) is 5.47. The molecule has 8 rings (SSSR count). The monoisotopic (exact) mass is 461 g/mol. The molecule has 5 nitrogen and oxygen atoms in total. The van der Waals surface area contributed by atoms with Gasteiger partial charge < -0.3 is 15.3 Å². The van der Waals surface area contributed by atoms with Crippen molar-refractivity contribution in [3.63, 3.8) is 0 Å². The van der Waals surface area contributed by atoms with Gasteiger partial charge >= 0.3 is 0 Å². The van der Waals surface area contributed by atoms with Crippen LogP contribution < -0.4 is 5.32 Å². The van der Waals surface area contributed by atoms with Crippen molar-refractivity contribution < 1.29 is 9.90 Å². The fourth-order valence-electron chi connectivity index (χ4n) is 10.5. The lowest BCUT2D eigenvalue weighted by Gasteiger charge is -2.66. The van der Waals surface area contributed by atoms with Gasteiger partial charge in [-0.1, -0.05) is 6.07 Å². The summed E-state index contributed by atoms with van der Waals surface area (Å²) in [4.78, 5) is 19.1. The normalized spacial score (nSPS) is 43.0. The van der Waals surface area contributed by atoms with E-state index in [0.717, 1.165) is 44.8 Å². The van der Waals surface area contributed by atoms with Crippen LogP contribution in [0.25, 0.3) is 0 Å². The Kier molecular flexibility index (Phi) is 4.24. The second kappa shape index (κ2) is 7.00. The minimum atomic E-state index is 0.154. The van der Waals surface area contributed by atoms with Gasteiger partial charge in [0.1, 0.15) is 5.75 Å². The highest BCUT2D eigenvalue weighted by atomic mass is 16.3. The van der Waals surface area contributed by atoms with Gasteiger partial charge in [-0.05, 0) is 124 Å². The molecule has 6 atom stereocenters. The molecule has 1 aromatic carbocycles. The smallest absolute Gasteiger partial charge is 0.226 e. The van der Waals surface area contributed by atoms with Crippen LogP contribution in [0.1, 0.15) is 62.5 Å². The molecule has 4 aliphatic carbocycles. The maximum absolute atomic E-state index is 13.8. The van der Waals surface area contributed by atoms with Crippen molar-refractivity contribution in [3.8, 4) is 5.75 Å². The maximum atomic E-state index is 13.8. The number of fused-ring (bicyclic) bond motifs is 1. The number of hydrogen-bond acceptors (Lipinski definition) is 4. The highest BCUT2D eigenvalue weighted by Crippen LogP contribution is 2.75. The fraction of sp³-hybridized carbons (Fsp3) is 0.759. The number of benzene rings is 1. The molecule has 4 bridgehead atoms. The van der Waals surface area contributed by atoms with Crippen molar-refractivity contribution >= 4 is 5.91 Å². The van der Waals surface area contributed by atoms with Gasteiger partial charge in [-0.2, -0.15) is 0 Å². The summed E-state index contributed by atoms with van der Waals surface area (Å²) in [5, 5.41) is 14.1. The summed E-state index contributed by atoms with van der Waals surface area (Å²) in [6.07, 6.45) is 11.0. The Morgan fingerprint density at radius 2 is 1.97 bits per heavy atom. The van der Waals surface area contributed by atoms with Crippen LogP contribution in [-0.4, -0.2) is 65.6 Å². The van der Waals surface area contributed by atoms with E-state index in [2.05, 4.69) is 27.2 Å². The number of likely N-dealkylation sites (tertiary alicyclic amines) is 2. The van der Waals surface area contributed by atoms with Gasteiger partial charge in [0.2, 0.25) is 5.91 Å². The SMILES string of the molecule is O=C(C1CCNCC1)N1C[C@H]2C[C@@]34CC[C@@H]1[C@@H]2[C@@]31CCN(CC2CC2)[C@@H]4Cc2ccc(O)cc21. The molecule has 0 spiro atoms. The number of carbonyl (C=O) groups excluding carboxylic acids is 1. The predicted molar refractivity (Wildman–Crippen MR) is 131 cm³/mol. The lowest BCUT2D eigenvalue weighted by atomic mass is 9.43. The van der Waals surface area contributed by atoms with Gasteiger partial charge in [-0.25, -0.2) is 0 Å². The molecule has 3 saturated heterocycles. The number of piperidine rings is 2. The zero-order valence-electron chi connectivity index (χ0n) is 20.3. The number of hydrogen-bond donors (Lipinski definition) is 2. The molecule has 0 radical (unpaired) electrons. The Morgan fingerprint density at radius 3 is 2.79 bits per heavy atom. The molecule has 6 fully saturated rings. The first kappa shape index (κ1) is 20.6. The first-order chi connectivity index (χ1) is 16.6. The summed E-state index contributed by atoms with van der Waals surface area (Å²) in [6, 6.07) is 7.37. The van der Waals surface area contributed by atoms with Crippen LogP contribution in [0.2, 0.25) is 0 Å². The quantitative estimate of drug-likeness (QED) is 0.725. The van der Waals surface area contributed by atoms with E-state index < -0.39 is 0 Å². The van der Waals surface area contributed by atoms with Gasteiger partial charge in [0.15, 0.2) is 0 Å². The number of aromatic hydroxyl groups is 1. The third-order valence-electron chi connectivity index (χ3n) is 11.7. The molecule has 2 N–H and O–H groups in total. The molecule has 3 aliphatic heterocycles. The van der Waals surface area contributed by atoms with Crippen LogP contribution in [-0.2, 0) is 16.6 Å². The van der Waals surface area contributed by atoms with Gasteiger partial charge in [0.05, 0.1) is 0 Å². The molecule has 34 heavy (non-hydrogen) atoms. The largest absolute Gasteiger partial charge is 0.508 e. The lowest BCUT2D eigenvalue weighted by Crippen LogP contribution is -2.70. The standard InChI is InChI=1S/C29H39N3O2/c33-22-4-3-20-13-25-28-8-5-24-26(21(15-28)17-32(24)27(34)19-6-10-30-11-7-19)29(28,23(20)14-22)9-12-31(25)16-18-1-2-18/h3-4,14,18-19,21,24-26,30,33H,1-2,5-13,15-17H2/t21-,24-,25-,26-,28-,29+/m1/s1. The Hall–Kier alpha value is -1.59. The summed E-state index contributed by atoms with van der Waals surface area (Å²) in [7, 11) is 0. The van der Waals surface area contributed by atoms with Crippen molar-refractivity contribution in [1.29, 1.82) is 0 Å². The number of nitrogens with one attached hydrogen (secondary N) is 1. The summed E-state index contributed by atoms with van der Waals surface area (Å²) >= 11 is 0. The number of phenols is 1. The lowest BCUT2D eigenvalue weighted by molar-refractivity contribution is -0.144. The van der Waals surface area contributed by atoms with E-state index in [1.165, 1.54) is 62.7 Å². The van der Waals surface area contributed by atoms with Gasteiger partial charge in [0.25, 0.3) is 0 Å². The maximum Gasteiger partial charge on any atom is 0.226 e. The van der Waals surface area contributed by atoms with Gasteiger partial charge in [0, 0.05) is 36.5 Å². The average molecular weight is 462 g/mol. The average Bonchev–Trinajstić information content (AvgIpc) is 3.55. The van der Waals surface area contributed by atoms with E-state index in [1.54, 1.807) is 0 Å². The van der Waals surface area contributed by atoms with E-state index in [9.17, 15) is 9.90 Å². The highest BCUT2D eigenvalue weighted by molar-refractivity contribution is 5.80. The van der Waals surface area contributed by atoms with E-state index in [0.29, 0.717) is 41.0 Å². The van der Waals surface area contributed by atoms with Crippen LogP contribution in [0.3, 0.4) is 0 Å². The molecule has 182 valence electrons. The van der Waals surface area contributed by atoms with Crippen LogP contribution in [0.5, 0.6) is 5.75 Å². The molecular weight excluding hydrogens is 422 g/mol. The molecule has 1 amide bonds. The van der Waals surface area contributed by atoms with Crippen molar-refractivity contribution in [2.24, 2.45) is 29.1 Å². The van der Waals surface area contributed by atoms with E-state index in [-0.39, 0.29) is 11.3 Å². The van der Waals surface area contributed by atoms with Crippen LogP contribution in [0.15, 0.2) is 18.2 Å². The van der Waals surface area contributed by atoms with Crippen LogP contribution in [0.4, 0.5) is 0 Å². The number of carbonyl (C=O) groups is 1. The summed E-state index contributed by atoms with van der Waals surface area (Å²) in [5.74, 6) is 3.26. The third kappa shape index (κ3) is 2.51. The predicted octanol–water partition coefficient (Wildman–Crippen LogP) is 3.30. The molecule has 3 heterocycles. The minimum absolute atomic E-state index is 0.154. The molecular formula is C29H39N3O2. The number of rotatable bonds is 3. The molecule has 7 aliphatic rings. The molecule has 0 aromatic heterocycles. The van der Waals surface area contributed by atoms with E-state index in [4.69, 9.17) is 0 Å². The third-order valence-corrected chi connectivity index (χ3v) is 11.7. The van der Waals surface area contributed by atoms with Crippen molar-refractivity contribution in [1.82, 2.24) is 15.1 Å². The van der Waals surface area contributed by atoms with Crippen molar-refractivity contribution in [3.05, 3.63) is 29.3 Å². The Bertz CT molecular complexity index is 1030. The second-order valence-corrected chi connectivity index (χ2v) is 13.0. The summed E-state index contributed by atoms with van der Waals surface area (Å²) in [5.41, 5.74) is 3.46. The summed E-state index contributed by atoms with van der Waals surface area (Å²) < 4.78 is 0. The molecule has 5 heteroatoms. The van der Waals surface area contributed by atoms with Crippen molar-refractivity contribution in [2.75, 3.05) is 32.7 Å². The molecule has 1 aromatic rings. The van der Waals surface area contributed by atoms with Gasteiger partial charge in [-0.3, -0.25) is 9.69 Å². The zero-order valence-corrected chi connectivity index (χ0v) is 20.3. The first-order valence-electron chi connectivity index (χ1n) is 14.2. The molecule has 3 saturated carbocycles. The van der Waals surface area contributed by atoms with Crippen LogP contribution >= 0.6 is 0 Å². The highest BCUT2D eigenvalue weighted by Gasteiger charge is 2.76. The fourth-order valence-corrected chi connectivity index (χ4v) is 10.5. The topological polar surface area (TPSA) is 55.8 Å². The first-order valence-corrected chi connectivity index (χ1v) is 14.2. The van der Waals surface area contributed by atoms with E-state index in [1.807, 2.05) is 6.07 Å².